The van der Waals surface area contributed by atoms with Gasteiger partial charge in [0.2, 0.25) is 0 Å². The molecule has 1 aromatic carbocycles. The molecule has 0 aliphatic heterocycles. The topological polar surface area (TPSA) is 55.1 Å². The molecule has 1 saturated carbocycles. The fraction of sp³-hybridized carbons (Fsp3) is 0.500. The maximum absolute atomic E-state index is 11.8. The summed E-state index contributed by atoms with van der Waals surface area (Å²) >= 11 is 0. The third-order valence-corrected chi connectivity index (χ3v) is 3.35. The lowest BCUT2D eigenvalue weighted by Gasteiger charge is -2.11. The van der Waals surface area contributed by atoms with E-state index in [1.165, 1.54) is 18.4 Å². The van der Waals surface area contributed by atoms with Gasteiger partial charge in [-0.1, -0.05) is 19.1 Å². The van der Waals surface area contributed by atoms with E-state index in [1.54, 1.807) is 0 Å². The van der Waals surface area contributed by atoms with E-state index in [0.717, 1.165) is 6.42 Å². The van der Waals surface area contributed by atoms with Crippen molar-refractivity contribution in [2.24, 2.45) is 11.7 Å². The number of carbonyl (C=O) groups excluding carboxylic acids is 1. The molecule has 1 amide bonds. The summed E-state index contributed by atoms with van der Waals surface area (Å²) in [6.07, 6.45) is 3.42. The Kier molecular flexibility index (Phi) is 3.79. The van der Waals surface area contributed by atoms with Crippen LogP contribution in [0.4, 0.5) is 0 Å². The molecule has 1 aliphatic rings. The fourth-order valence-corrected chi connectivity index (χ4v) is 1.90. The average Bonchev–Trinajstić information content (AvgIpc) is 3.20. The Bertz CT molecular complexity index is 382. The average molecular weight is 232 g/mol. The Labute approximate surface area is 102 Å². The molecule has 1 fully saturated rings. The Morgan fingerprint density at radius 3 is 2.59 bits per heavy atom. The fourth-order valence-electron chi connectivity index (χ4n) is 1.90. The number of hydrogen-bond donors (Lipinski definition) is 2. The van der Waals surface area contributed by atoms with Gasteiger partial charge in [0, 0.05) is 18.2 Å². The van der Waals surface area contributed by atoms with E-state index in [4.69, 9.17) is 5.73 Å². The second-order valence-corrected chi connectivity index (χ2v) is 4.76. The number of nitrogens with one attached hydrogen (secondary N) is 1. The van der Waals surface area contributed by atoms with E-state index >= 15 is 0 Å². The van der Waals surface area contributed by atoms with Crippen LogP contribution in [0.2, 0.25) is 0 Å². The minimum atomic E-state index is -0.0243. The van der Waals surface area contributed by atoms with E-state index in [1.807, 2.05) is 24.3 Å². The van der Waals surface area contributed by atoms with Gasteiger partial charge in [-0.3, -0.25) is 4.79 Å². The molecule has 17 heavy (non-hydrogen) atoms. The molecule has 1 aromatic rings. The predicted molar refractivity (Wildman–Crippen MR) is 68.9 cm³/mol. The van der Waals surface area contributed by atoms with Gasteiger partial charge in [-0.15, -0.1) is 0 Å². The van der Waals surface area contributed by atoms with Gasteiger partial charge in [0.15, 0.2) is 0 Å². The third-order valence-electron chi connectivity index (χ3n) is 3.35. The zero-order valence-corrected chi connectivity index (χ0v) is 10.3. The zero-order chi connectivity index (χ0) is 12.3. The molecule has 0 aromatic heterocycles. The number of rotatable bonds is 5. The molecule has 92 valence electrons. The zero-order valence-electron chi connectivity index (χ0n) is 10.3. The lowest BCUT2D eigenvalue weighted by Crippen LogP contribution is -2.38. The predicted octanol–water partition coefficient (Wildman–Crippen LogP) is 1.72. The standard InChI is InChI=1S/C14H20N2O/c1-2-10-3-5-12(6-4-10)14(17)16-9-13(15)11-7-8-11/h3-6,11,13H,2,7-9,15H2,1H3,(H,16,17). The molecule has 0 saturated heterocycles. The number of amides is 1. The lowest BCUT2D eigenvalue weighted by molar-refractivity contribution is 0.0950. The summed E-state index contributed by atoms with van der Waals surface area (Å²) in [5.41, 5.74) is 7.90. The van der Waals surface area contributed by atoms with Crippen molar-refractivity contribution in [3.8, 4) is 0 Å². The van der Waals surface area contributed by atoms with Crippen LogP contribution < -0.4 is 11.1 Å². The van der Waals surface area contributed by atoms with E-state index in [2.05, 4.69) is 12.2 Å². The molecule has 1 atom stereocenters. The van der Waals surface area contributed by atoms with Crippen molar-refractivity contribution in [3.63, 3.8) is 0 Å². The smallest absolute Gasteiger partial charge is 0.251 e. The highest BCUT2D eigenvalue weighted by Crippen LogP contribution is 2.31. The summed E-state index contributed by atoms with van der Waals surface area (Å²) in [4.78, 5) is 11.8. The summed E-state index contributed by atoms with van der Waals surface area (Å²) in [6.45, 7) is 2.68. The summed E-state index contributed by atoms with van der Waals surface area (Å²) < 4.78 is 0. The minimum Gasteiger partial charge on any atom is -0.350 e. The lowest BCUT2D eigenvalue weighted by atomic mass is 10.1. The monoisotopic (exact) mass is 232 g/mol. The second-order valence-electron chi connectivity index (χ2n) is 4.76. The third kappa shape index (κ3) is 3.30. The van der Waals surface area contributed by atoms with Crippen LogP contribution in [-0.2, 0) is 6.42 Å². The maximum atomic E-state index is 11.8. The number of carbonyl (C=O) groups is 1. The quantitative estimate of drug-likeness (QED) is 0.812. The molecule has 1 aliphatic carbocycles. The molecule has 1 unspecified atom stereocenters. The van der Waals surface area contributed by atoms with Gasteiger partial charge in [0.1, 0.15) is 0 Å². The first-order chi connectivity index (χ1) is 8.20. The van der Waals surface area contributed by atoms with Crippen molar-refractivity contribution in [2.75, 3.05) is 6.54 Å². The van der Waals surface area contributed by atoms with Gasteiger partial charge in [-0.05, 0) is 42.9 Å². The van der Waals surface area contributed by atoms with Gasteiger partial charge in [-0.2, -0.15) is 0 Å². The minimum absolute atomic E-state index is 0.0243. The highest BCUT2D eigenvalue weighted by atomic mass is 16.1. The first-order valence-corrected chi connectivity index (χ1v) is 6.33. The molecule has 0 bridgehead atoms. The number of nitrogens with two attached hydrogens (primary N) is 1. The van der Waals surface area contributed by atoms with Gasteiger partial charge < -0.3 is 11.1 Å². The van der Waals surface area contributed by atoms with Gasteiger partial charge in [-0.25, -0.2) is 0 Å². The number of benzene rings is 1. The van der Waals surface area contributed by atoms with Crippen molar-refractivity contribution in [1.29, 1.82) is 0 Å². The van der Waals surface area contributed by atoms with Crippen LogP contribution in [0, 0.1) is 5.92 Å². The summed E-state index contributed by atoms with van der Waals surface area (Å²) in [7, 11) is 0. The van der Waals surface area contributed by atoms with Gasteiger partial charge in [0.25, 0.3) is 5.91 Å². The summed E-state index contributed by atoms with van der Waals surface area (Å²) in [5.74, 6) is 0.599. The largest absolute Gasteiger partial charge is 0.350 e. The van der Waals surface area contributed by atoms with E-state index in [0.29, 0.717) is 18.0 Å². The van der Waals surface area contributed by atoms with Crippen molar-refractivity contribution in [1.82, 2.24) is 5.32 Å². The van der Waals surface area contributed by atoms with Crippen molar-refractivity contribution < 1.29 is 4.79 Å². The van der Waals surface area contributed by atoms with Crippen LogP contribution in [0.1, 0.15) is 35.7 Å². The van der Waals surface area contributed by atoms with Crippen LogP contribution in [0.15, 0.2) is 24.3 Å². The van der Waals surface area contributed by atoms with E-state index in [9.17, 15) is 4.79 Å². The summed E-state index contributed by atoms with van der Waals surface area (Å²) in [6, 6.07) is 7.85. The maximum Gasteiger partial charge on any atom is 0.251 e. The molecule has 3 N–H and O–H groups in total. The molecule has 3 heteroatoms. The van der Waals surface area contributed by atoms with Crippen LogP contribution in [0.5, 0.6) is 0 Å². The first-order valence-electron chi connectivity index (χ1n) is 6.33. The first kappa shape index (κ1) is 12.1. The Morgan fingerprint density at radius 2 is 2.06 bits per heavy atom. The normalized spacial score (nSPS) is 16.6. The highest BCUT2D eigenvalue weighted by molar-refractivity contribution is 5.94. The molecule has 0 heterocycles. The van der Waals surface area contributed by atoms with Crippen LogP contribution in [0.25, 0.3) is 0 Å². The highest BCUT2D eigenvalue weighted by Gasteiger charge is 2.28. The van der Waals surface area contributed by atoms with Crippen molar-refractivity contribution >= 4 is 5.91 Å². The molecule has 2 rings (SSSR count). The second kappa shape index (κ2) is 5.32. The Balaban J connectivity index is 1.85. The molecular weight excluding hydrogens is 212 g/mol. The Morgan fingerprint density at radius 1 is 1.41 bits per heavy atom. The summed E-state index contributed by atoms with van der Waals surface area (Å²) in [5, 5.41) is 2.89. The van der Waals surface area contributed by atoms with Gasteiger partial charge >= 0.3 is 0 Å². The van der Waals surface area contributed by atoms with Crippen molar-refractivity contribution in [2.45, 2.75) is 32.2 Å². The molecular formula is C14H20N2O. The van der Waals surface area contributed by atoms with E-state index in [-0.39, 0.29) is 11.9 Å². The number of hydrogen-bond acceptors (Lipinski definition) is 2. The van der Waals surface area contributed by atoms with Crippen LogP contribution in [0.3, 0.4) is 0 Å². The van der Waals surface area contributed by atoms with Gasteiger partial charge in [0.05, 0.1) is 0 Å². The number of aryl methyl sites for hydroxylation is 1. The molecule has 3 nitrogen and oxygen atoms in total. The van der Waals surface area contributed by atoms with Crippen molar-refractivity contribution in [3.05, 3.63) is 35.4 Å². The molecule has 0 spiro atoms. The Hall–Kier alpha value is -1.35. The van der Waals surface area contributed by atoms with Crippen LogP contribution in [-0.4, -0.2) is 18.5 Å². The van der Waals surface area contributed by atoms with Crippen LogP contribution >= 0.6 is 0 Å². The van der Waals surface area contributed by atoms with E-state index < -0.39 is 0 Å². The molecule has 0 radical (unpaired) electrons. The SMILES string of the molecule is CCc1ccc(C(=O)NCC(N)C2CC2)cc1.